The van der Waals surface area contributed by atoms with Gasteiger partial charge >= 0.3 is 0 Å². The average Bonchev–Trinajstić information content (AvgIpc) is 3.25. The van der Waals surface area contributed by atoms with E-state index >= 15 is 0 Å². The predicted octanol–water partition coefficient (Wildman–Crippen LogP) is 3.29. The van der Waals surface area contributed by atoms with Crippen molar-refractivity contribution in [2.24, 2.45) is 0 Å². The number of thiophene rings is 1. The molecule has 0 aliphatic carbocycles. The number of nitriles is 1. The van der Waals surface area contributed by atoms with E-state index in [0.717, 1.165) is 34.9 Å². The molecule has 0 saturated carbocycles. The molecule has 154 valence electrons. The minimum Gasteiger partial charge on any atom is -0.312 e. The molecule has 1 fully saturated rings. The van der Waals surface area contributed by atoms with Gasteiger partial charge in [0.2, 0.25) is 11.8 Å². The molecule has 1 aromatic heterocycles. The molecule has 4 rings (SSSR count). The Bertz CT molecular complexity index is 1070. The lowest BCUT2D eigenvalue weighted by Gasteiger charge is -2.30. The second-order valence-electron chi connectivity index (χ2n) is 7.76. The van der Waals surface area contributed by atoms with Crippen LogP contribution in [0.25, 0.3) is 0 Å². The number of carbonyl (C=O) groups excluding carboxylic acids is 3. The smallest absolute Gasteiger partial charge is 0.256 e. The van der Waals surface area contributed by atoms with Gasteiger partial charge in [-0.15, -0.1) is 11.3 Å². The zero-order chi connectivity index (χ0) is 21.4. The lowest BCUT2D eigenvalue weighted by molar-refractivity contribution is -0.121. The fourth-order valence-electron chi connectivity index (χ4n) is 3.90. The maximum absolute atomic E-state index is 12.9. The normalized spacial score (nSPS) is 16.7. The van der Waals surface area contributed by atoms with Crippen LogP contribution >= 0.6 is 11.3 Å². The molecule has 0 spiro atoms. The van der Waals surface area contributed by atoms with Crippen molar-refractivity contribution < 1.29 is 14.4 Å². The van der Waals surface area contributed by atoms with Crippen molar-refractivity contribution in [3.05, 3.63) is 45.8 Å². The minimum atomic E-state index is -0.369. The van der Waals surface area contributed by atoms with Crippen LogP contribution in [-0.4, -0.2) is 35.2 Å². The molecule has 0 unspecified atom stereocenters. The first-order valence-corrected chi connectivity index (χ1v) is 10.8. The van der Waals surface area contributed by atoms with Crippen molar-refractivity contribution in [2.45, 2.75) is 45.7 Å². The van der Waals surface area contributed by atoms with Crippen LogP contribution < -0.4 is 10.2 Å². The predicted molar refractivity (Wildman–Crippen MR) is 114 cm³/mol. The van der Waals surface area contributed by atoms with E-state index in [1.54, 1.807) is 18.2 Å². The van der Waals surface area contributed by atoms with Gasteiger partial charge in [0.1, 0.15) is 11.1 Å². The number of rotatable bonds is 4. The molecule has 30 heavy (non-hydrogen) atoms. The summed E-state index contributed by atoms with van der Waals surface area (Å²) in [6.45, 7) is 5.96. The van der Waals surface area contributed by atoms with Gasteiger partial charge in [-0.2, -0.15) is 5.26 Å². The Morgan fingerprint density at radius 3 is 2.60 bits per heavy atom. The van der Waals surface area contributed by atoms with Crippen LogP contribution in [0.5, 0.6) is 0 Å². The number of anilines is 2. The molecule has 7 nitrogen and oxygen atoms in total. The van der Waals surface area contributed by atoms with Crippen LogP contribution in [0.3, 0.4) is 0 Å². The van der Waals surface area contributed by atoms with Gasteiger partial charge in [-0.05, 0) is 44.0 Å². The first kappa shape index (κ1) is 20.3. The standard InChI is InChI=1S/C22H22N4O3S/c1-13(2)25-9-8-16-17(11-23)22(30-18(16)12-25)24-21(29)14-4-3-5-15(10-14)26-19(27)6-7-20(26)28/h3-5,10,13H,6-9,12H2,1-2H3,(H,24,29). The van der Waals surface area contributed by atoms with Crippen LogP contribution in [0.1, 0.15) is 53.1 Å². The highest BCUT2D eigenvalue weighted by Gasteiger charge is 2.31. The first-order valence-electron chi connectivity index (χ1n) is 9.95. The molecular weight excluding hydrogens is 400 g/mol. The summed E-state index contributed by atoms with van der Waals surface area (Å²) in [5, 5.41) is 13.1. The molecule has 1 N–H and O–H groups in total. The number of hydrogen-bond acceptors (Lipinski definition) is 6. The Hall–Kier alpha value is -3.02. The molecule has 0 bridgehead atoms. The van der Waals surface area contributed by atoms with Gasteiger partial charge in [-0.1, -0.05) is 6.07 Å². The molecule has 2 aliphatic heterocycles. The topological polar surface area (TPSA) is 93.5 Å². The van der Waals surface area contributed by atoms with E-state index in [4.69, 9.17) is 0 Å². The Labute approximate surface area is 178 Å². The molecular formula is C22H22N4O3S. The molecule has 3 heterocycles. The van der Waals surface area contributed by atoms with Gasteiger partial charge in [0.15, 0.2) is 0 Å². The fourth-order valence-corrected chi connectivity index (χ4v) is 5.12. The highest BCUT2D eigenvalue weighted by atomic mass is 32.1. The Morgan fingerprint density at radius 1 is 1.20 bits per heavy atom. The summed E-state index contributed by atoms with van der Waals surface area (Å²) in [4.78, 5) is 41.5. The molecule has 2 aromatic rings. The van der Waals surface area contributed by atoms with E-state index in [1.807, 2.05) is 0 Å². The van der Waals surface area contributed by atoms with E-state index < -0.39 is 0 Å². The first-order chi connectivity index (χ1) is 14.4. The molecule has 1 aromatic carbocycles. The lowest BCUT2D eigenvalue weighted by atomic mass is 10.0. The van der Waals surface area contributed by atoms with Gasteiger partial charge in [0, 0.05) is 42.4 Å². The maximum Gasteiger partial charge on any atom is 0.256 e. The zero-order valence-electron chi connectivity index (χ0n) is 16.9. The maximum atomic E-state index is 12.9. The highest BCUT2D eigenvalue weighted by molar-refractivity contribution is 7.16. The summed E-state index contributed by atoms with van der Waals surface area (Å²) in [6, 6.07) is 9.13. The third-order valence-corrected chi connectivity index (χ3v) is 6.71. The Morgan fingerprint density at radius 2 is 1.93 bits per heavy atom. The number of fused-ring (bicyclic) bond motifs is 1. The number of amides is 3. The Balaban J connectivity index is 1.58. The third kappa shape index (κ3) is 3.62. The molecule has 1 saturated heterocycles. The van der Waals surface area contributed by atoms with Crippen molar-refractivity contribution in [2.75, 3.05) is 16.8 Å². The summed E-state index contributed by atoms with van der Waals surface area (Å²) >= 11 is 1.45. The number of hydrogen-bond donors (Lipinski definition) is 1. The molecule has 8 heteroatoms. The molecule has 2 aliphatic rings. The van der Waals surface area contributed by atoms with Gasteiger partial charge in [-0.3, -0.25) is 24.2 Å². The highest BCUT2D eigenvalue weighted by Crippen LogP contribution is 2.37. The molecule has 0 radical (unpaired) electrons. The van der Waals surface area contributed by atoms with Crippen molar-refractivity contribution in [3.8, 4) is 6.07 Å². The van der Waals surface area contributed by atoms with Gasteiger partial charge in [0.05, 0.1) is 11.3 Å². The summed E-state index contributed by atoms with van der Waals surface area (Å²) < 4.78 is 0. The largest absolute Gasteiger partial charge is 0.312 e. The van der Waals surface area contributed by atoms with E-state index in [0.29, 0.717) is 27.9 Å². The van der Waals surface area contributed by atoms with Crippen molar-refractivity contribution in [3.63, 3.8) is 0 Å². The summed E-state index contributed by atoms with van der Waals surface area (Å²) in [6.07, 6.45) is 1.17. The lowest BCUT2D eigenvalue weighted by Crippen LogP contribution is -2.35. The van der Waals surface area contributed by atoms with E-state index in [2.05, 4.69) is 30.1 Å². The van der Waals surface area contributed by atoms with Gasteiger partial charge in [0.25, 0.3) is 5.91 Å². The van der Waals surface area contributed by atoms with Crippen LogP contribution in [0.2, 0.25) is 0 Å². The average molecular weight is 423 g/mol. The summed E-state index contributed by atoms with van der Waals surface area (Å²) in [5.41, 5.74) is 2.29. The van der Waals surface area contributed by atoms with Crippen molar-refractivity contribution in [1.29, 1.82) is 5.26 Å². The SMILES string of the molecule is CC(C)N1CCc2c(sc(NC(=O)c3cccc(N4C(=O)CCC4=O)c3)c2C#N)C1. The van der Waals surface area contributed by atoms with E-state index in [9.17, 15) is 19.6 Å². The third-order valence-electron chi connectivity index (χ3n) is 5.57. The summed E-state index contributed by atoms with van der Waals surface area (Å²) in [5.74, 6) is -0.887. The quantitative estimate of drug-likeness (QED) is 0.763. The second-order valence-corrected chi connectivity index (χ2v) is 8.87. The Kier molecular flexibility index (Phi) is 5.41. The number of imide groups is 1. The van der Waals surface area contributed by atoms with E-state index in [-0.39, 0.29) is 30.6 Å². The number of carbonyl (C=O) groups is 3. The van der Waals surface area contributed by atoms with Crippen LogP contribution in [0.15, 0.2) is 24.3 Å². The van der Waals surface area contributed by atoms with Crippen LogP contribution in [0.4, 0.5) is 10.7 Å². The number of nitrogens with zero attached hydrogens (tertiary/aromatic N) is 3. The van der Waals surface area contributed by atoms with Crippen molar-refractivity contribution >= 4 is 39.7 Å². The summed E-state index contributed by atoms with van der Waals surface area (Å²) in [7, 11) is 0. The second kappa shape index (κ2) is 8.01. The van der Waals surface area contributed by atoms with Crippen LogP contribution in [0, 0.1) is 11.3 Å². The monoisotopic (exact) mass is 422 g/mol. The minimum absolute atomic E-state index is 0.189. The number of benzene rings is 1. The van der Waals surface area contributed by atoms with Crippen LogP contribution in [-0.2, 0) is 22.6 Å². The van der Waals surface area contributed by atoms with Gasteiger partial charge in [-0.25, -0.2) is 0 Å². The van der Waals surface area contributed by atoms with Crippen molar-refractivity contribution in [1.82, 2.24) is 4.90 Å². The van der Waals surface area contributed by atoms with Gasteiger partial charge < -0.3 is 5.32 Å². The van der Waals surface area contributed by atoms with E-state index in [1.165, 1.54) is 17.4 Å². The zero-order valence-corrected chi connectivity index (χ0v) is 17.7. The molecule has 0 atom stereocenters. The molecule has 3 amide bonds. The fraction of sp³-hybridized carbons (Fsp3) is 0.364. The number of nitrogens with one attached hydrogen (secondary N) is 1.